The Morgan fingerprint density at radius 3 is 2.50 bits per heavy atom. The third-order valence-corrected chi connectivity index (χ3v) is 5.87. The summed E-state index contributed by atoms with van der Waals surface area (Å²) in [6, 6.07) is 16.5. The predicted molar refractivity (Wildman–Crippen MR) is 136 cm³/mol. The summed E-state index contributed by atoms with van der Waals surface area (Å²) in [4.78, 5) is 43.9. The minimum Gasteiger partial charge on any atom is -0.477 e. The molecular weight excluding hydrogens is 482 g/mol. The lowest BCUT2D eigenvalue weighted by Gasteiger charge is -2.21. The number of nitrogens with zero attached hydrogens (tertiary/aromatic N) is 2. The van der Waals surface area contributed by atoms with E-state index in [9.17, 15) is 14.4 Å². The van der Waals surface area contributed by atoms with Crippen LogP contribution < -0.4 is 5.32 Å². The van der Waals surface area contributed by atoms with Gasteiger partial charge in [-0.1, -0.05) is 54.9 Å². The molecule has 0 fully saturated rings. The van der Waals surface area contributed by atoms with Gasteiger partial charge in [0.05, 0.1) is 12.5 Å². The minimum absolute atomic E-state index is 0.241. The molecule has 3 rings (SSSR count). The SMILES string of the molecule is CCOC(=O)C(C)CC(CCc1ccc(-c2cccc(Cl)c2)cc1)NC(=O)c1nccc(C(=O)O)n1. The van der Waals surface area contributed by atoms with E-state index in [1.165, 1.54) is 12.3 Å². The van der Waals surface area contributed by atoms with Gasteiger partial charge in [-0.25, -0.2) is 14.8 Å². The number of carboxylic acid groups (broad SMARTS) is 1. The van der Waals surface area contributed by atoms with Crippen LogP contribution in [0.1, 0.15) is 53.4 Å². The second-order valence-electron chi connectivity index (χ2n) is 8.38. The number of aromatic carboxylic acids is 1. The number of hydrogen-bond acceptors (Lipinski definition) is 6. The number of rotatable bonds is 11. The topological polar surface area (TPSA) is 118 Å². The minimum atomic E-state index is -1.25. The van der Waals surface area contributed by atoms with E-state index in [2.05, 4.69) is 15.3 Å². The van der Waals surface area contributed by atoms with E-state index in [0.717, 1.165) is 16.7 Å². The number of benzene rings is 2. The first kappa shape index (κ1) is 26.8. The van der Waals surface area contributed by atoms with Gasteiger partial charge in [0.15, 0.2) is 5.69 Å². The van der Waals surface area contributed by atoms with Gasteiger partial charge in [0, 0.05) is 17.3 Å². The van der Waals surface area contributed by atoms with Crippen LogP contribution in [0.2, 0.25) is 5.02 Å². The van der Waals surface area contributed by atoms with Crippen LogP contribution in [0.5, 0.6) is 0 Å². The van der Waals surface area contributed by atoms with Crippen LogP contribution in [0.15, 0.2) is 60.8 Å². The molecule has 0 saturated heterocycles. The average molecular weight is 510 g/mol. The Balaban J connectivity index is 1.71. The van der Waals surface area contributed by atoms with Crippen LogP contribution in [0.4, 0.5) is 0 Å². The number of aryl methyl sites for hydroxylation is 1. The number of carbonyl (C=O) groups is 3. The van der Waals surface area contributed by atoms with E-state index in [-0.39, 0.29) is 30.1 Å². The van der Waals surface area contributed by atoms with Crippen molar-refractivity contribution in [1.29, 1.82) is 0 Å². The van der Waals surface area contributed by atoms with E-state index in [1.54, 1.807) is 13.8 Å². The number of aromatic nitrogens is 2. The number of amides is 1. The van der Waals surface area contributed by atoms with Gasteiger partial charge >= 0.3 is 11.9 Å². The molecule has 8 nitrogen and oxygen atoms in total. The van der Waals surface area contributed by atoms with Gasteiger partial charge in [-0.3, -0.25) is 9.59 Å². The molecule has 9 heteroatoms. The molecular formula is C27H28ClN3O5. The standard InChI is InChI=1S/C27H28ClN3O5/c1-3-36-27(35)17(2)15-22(30-25(32)24-29-14-13-23(31-24)26(33)34)12-9-18-7-10-19(11-8-18)20-5-4-6-21(28)16-20/h4-8,10-11,13-14,16-17,22H,3,9,12,15H2,1-2H3,(H,30,32)(H,33,34). The van der Waals surface area contributed by atoms with Crippen molar-refractivity contribution in [3.05, 3.63) is 82.9 Å². The van der Waals surface area contributed by atoms with Crippen LogP contribution in [0.3, 0.4) is 0 Å². The molecule has 0 aliphatic rings. The Kier molecular flexibility index (Phi) is 9.53. The lowest BCUT2D eigenvalue weighted by Crippen LogP contribution is -2.38. The number of hydrogen-bond donors (Lipinski definition) is 2. The van der Waals surface area contributed by atoms with Gasteiger partial charge in [-0.05, 0) is 61.1 Å². The van der Waals surface area contributed by atoms with Crippen molar-refractivity contribution >= 4 is 29.4 Å². The first-order valence-electron chi connectivity index (χ1n) is 11.7. The van der Waals surface area contributed by atoms with Crippen LogP contribution in [-0.4, -0.2) is 45.6 Å². The summed E-state index contributed by atoms with van der Waals surface area (Å²) >= 11 is 6.10. The molecule has 2 N–H and O–H groups in total. The second-order valence-corrected chi connectivity index (χ2v) is 8.81. The normalized spacial score (nSPS) is 12.4. The molecule has 0 bridgehead atoms. The lowest BCUT2D eigenvalue weighted by molar-refractivity contribution is -0.147. The highest BCUT2D eigenvalue weighted by Crippen LogP contribution is 2.24. The first-order chi connectivity index (χ1) is 17.3. The third-order valence-electron chi connectivity index (χ3n) is 5.63. The van der Waals surface area contributed by atoms with Gasteiger partial charge in [0.1, 0.15) is 0 Å². The molecule has 0 radical (unpaired) electrons. The summed E-state index contributed by atoms with van der Waals surface area (Å²) < 4.78 is 5.11. The first-order valence-corrected chi connectivity index (χ1v) is 12.0. The van der Waals surface area contributed by atoms with Crippen molar-refractivity contribution in [2.24, 2.45) is 5.92 Å². The molecule has 1 amide bonds. The summed E-state index contributed by atoms with van der Waals surface area (Å²) in [5, 5.41) is 12.7. The Bertz CT molecular complexity index is 1220. The number of ether oxygens (including phenoxy) is 1. The molecule has 188 valence electrons. The van der Waals surface area contributed by atoms with Crippen molar-refractivity contribution in [3.8, 4) is 11.1 Å². The molecule has 0 saturated carbocycles. The number of carbonyl (C=O) groups excluding carboxylic acids is 2. The third kappa shape index (κ3) is 7.61. The summed E-state index contributed by atoms with van der Waals surface area (Å²) in [6.45, 7) is 3.76. The van der Waals surface area contributed by atoms with E-state index >= 15 is 0 Å². The molecule has 2 unspecified atom stereocenters. The summed E-state index contributed by atoms with van der Waals surface area (Å²) in [6.07, 6.45) is 2.77. The monoisotopic (exact) mass is 509 g/mol. The zero-order valence-corrected chi connectivity index (χ0v) is 20.9. The molecule has 2 atom stereocenters. The fourth-order valence-electron chi connectivity index (χ4n) is 3.77. The van der Waals surface area contributed by atoms with Crippen molar-refractivity contribution in [3.63, 3.8) is 0 Å². The zero-order valence-electron chi connectivity index (χ0n) is 20.1. The van der Waals surface area contributed by atoms with E-state index < -0.39 is 17.8 Å². The smallest absolute Gasteiger partial charge is 0.354 e. The fraction of sp³-hybridized carbons (Fsp3) is 0.296. The van der Waals surface area contributed by atoms with Gasteiger partial charge in [-0.2, -0.15) is 0 Å². The highest BCUT2D eigenvalue weighted by Gasteiger charge is 2.23. The van der Waals surface area contributed by atoms with E-state index in [0.29, 0.717) is 24.3 Å². The number of halogens is 1. The molecule has 0 aliphatic carbocycles. The van der Waals surface area contributed by atoms with Crippen molar-refractivity contribution < 1.29 is 24.2 Å². The molecule has 0 spiro atoms. The Hall–Kier alpha value is -3.78. The quantitative estimate of drug-likeness (QED) is 0.356. The highest BCUT2D eigenvalue weighted by atomic mass is 35.5. The van der Waals surface area contributed by atoms with Crippen LogP contribution in [0.25, 0.3) is 11.1 Å². The van der Waals surface area contributed by atoms with Crippen LogP contribution in [0, 0.1) is 5.92 Å². The maximum atomic E-state index is 12.8. The van der Waals surface area contributed by atoms with Crippen LogP contribution >= 0.6 is 11.6 Å². The molecule has 0 aliphatic heterocycles. The van der Waals surface area contributed by atoms with Crippen molar-refractivity contribution in [1.82, 2.24) is 15.3 Å². The van der Waals surface area contributed by atoms with Crippen molar-refractivity contribution in [2.75, 3.05) is 6.61 Å². The molecule has 3 aromatic rings. The molecule has 1 aromatic heterocycles. The Labute approximate surface area is 214 Å². The summed E-state index contributed by atoms with van der Waals surface area (Å²) in [5.74, 6) is -2.87. The molecule has 1 heterocycles. The fourth-order valence-corrected chi connectivity index (χ4v) is 3.96. The van der Waals surface area contributed by atoms with Gasteiger partial charge in [-0.15, -0.1) is 0 Å². The molecule has 36 heavy (non-hydrogen) atoms. The average Bonchev–Trinajstić information content (AvgIpc) is 2.87. The molecule has 2 aromatic carbocycles. The summed E-state index contributed by atoms with van der Waals surface area (Å²) in [5.41, 5.74) is 2.85. The van der Waals surface area contributed by atoms with Gasteiger partial charge in [0.25, 0.3) is 5.91 Å². The predicted octanol–water partition coefficient (Wildman–Crippen LogP) is 4.82. The van der Waals surface area contributed by atoms with E-state index in [1.807, 2.05) is 48.5 Å². The largest absolute Gasteiger partial charge is 0.477 e. The Morgan fingerprint density at radius 1 is 1.08 bits per heavy atom. The number of esters is 1. The lowest BCUT2D eigenvalue weighted by atomic mass is 9.95. The summed E-state index contributed by atoms with van der Waals surface area (Å²) in [7, 11) is 0. The highest BCUT2D eigenvalue weighted by molar-refractivity contribution is 6.30. The maximum Gasteiger partial charge on any atom is 0.354 e. The zero-order chi connectivity index (χ0) is 26.1. The number of nitrogens with one attached hydrogen (secondary N) is 1. The van der Waals surface area contributed by atoms with Crippen LogP contribution in [-0.2, 0) is 16.0 Å². The van der Waals surface area contributed by atoms with Crippen molar-refractivity contribution in [2.45, 2.75) is 39.2 Å². The van der Waals surface area contributed by atoms with Gasteiger partial charge in [0.2, 0.25) is 5.82 Å². The second kappa shape index (κ2) is 12.8. The van der Waals surface area contributed by atoms with E-state index in [4.69, 9.17) is 21.4 Å². The number of carboxylic acids is 1. The Morgan fingerprint density at radius 2 is 1.83 bits per heavy atom. The maximum absolute atomic E-state index is 12.8. The van der Waals surface area contributed by atoms with Gasteiger partial charge < -0.3 is 15.2 Å².